The summed E-state index contributed by atoms with van der Waals surface area (Å²) in [7, 11) is 1.64. The molecule has 1 unspecified atom stereocenters. The molecule has 17 heavy (non-hydrogen) atoms. The third-order valence-electron chi connectivity index (χ3n) is 2.36. The maximum Gasteiger partial charge on any atom is 0.161 e. The molecule has 0 spiro atoms. The van der Waals surface area contributed by atoms with Crippen molar-refractivity contribution in [3.05, 3.63) is 24.3 Å². The monoisotopic (exact) mass is 257 g/mol. The zero-order valence-corrected chi connectivity index (χ0v) is 11.2. The molecule has 0 heterocycles. The summed E-state index contributed by atoms with van der Waals surface area (Å²) in [6, 6.07) is 7.64. The van der Waals surface area contributed by atoms with Crippen LogP contribution in [0.3, 0.4) is 0 Å². The highest BCUT2D eigenvalue weighted by molar-refractivity contribution is 6.18. The minimum absolute atomic E-state index is 0.489. The van der Waals surface area contributed by atoms with Crippen LogP contribution in [0, 0.1) is 5.92 Å². The zero-order valence-electron chi connectivity index (χ0n) is 10.4. The number of benzene rings is 1. The van der Waals surface area contributed by atoms with Gasteiger partial charge < -0.3 is 14.8 Å². The Bertz CT molecular complexity index is 320. The average molecular weight is 258 g/mol. The van der Waals surface area contributed by atoms with Crippen molar-refractivity contribution in [2.45, 2.75) is 6.92 Å². The second kappa shape index (κ2) is 8.20. The standard InChI is InChI=1S/C13H20ClNO2/c1-11(9-14)10-15-7-8-17-13-6-4-3-5-12(13)16-2/h3-6,11,15H,7-10H2,1-2H3. The van der Waals surface area contributed by atoms with Gasteiger partial charge in [-0.25, -0.2) is 0 Å². The SMILES string of the molecule is COc1ccccc1OCCNCC(C)CCl. The van der Waals surface area contributed by atoms with Crippen LogP contribution in [0.15, 0.2) is 24.3 Å². The Morgan fingerprint density at radius 1 is 1.29 bits per heavy atom. The van der Waals surface area contributed by atoms with E-state index >= 15 is 0 Å². The lowest BCUT2D eigenvalue weighted by Crippen LogP contribution is -2.26. The van der Waals surface area contributed by atoms with Gasteiger partial charge in [-0.15, -0.1) is 11.6 Å². The molecular formula is C13H20ClNO2. The number of rotatable bonds is 8. The van der Waals surface area contributed by atoms with E-state index in [1.807, 2.05) is 24.3 Å². The van der Waals surface area contributed by atoms with Gasteiger partial charge >= 0.3 is 0 Å². The smallest absolute Gasteiger partial charge is 0.161 e. The first-order chi connectivity index (χ1) is 8.27. The van der Waals surface area contributed by atoms with E-state index in [1.54, 1.807) is 7.11 Å². The van der Waals surface area contributed by atoms with E-state index in [1.165, 1.54) is 0 Å². The molecule has 1 N–H and O–H groups in total. The summed E-state index contributed by atoms with van der Waals surface area (Å²) in [5.41, 5.74) is 0. The molecule has 1 atom stereocenters. The second-order valence-electron chi connectivity index (χ2n) is 3.96. The average Bonchev–Trinajstić information content (AvgIpc) is 2.38. The van der Waals surface area contributed by atoms with Crippen LogP contribution in [0.1, 0.15) is 6.92 Å². The van der Waals surface area contributed by atoms with Gasteiger partial charge in [0.2, 0.25) is 0 Å². The van der Waals surface area contributed by atoms with E-state index in [4.69, 9.17) is 21.1 Å². The number of ether oxygens (including phenoxy) is 2. The van der Waals surface area contributed by atoms with Crippen molar-refractivity contribution in [3.8, 4) is 11.5 Å². The molecule has 0 aliphatic rings. The van der Waals surface area contributed by atoms with Gasteiger partial charge in [0, 0.05) is 12.4 Å². The molecule has 0 aliphatic carbocycles. The molecule has 0 aromatic heterocycles. The molecule has 96 valence electrons. The Morgan fingerprint density at radius 3 is 2.65 bits per heavy atom. The van der Waals surface area contributed by atoms with Gasteiger partial charge in [-0.05, 0) is 24.6 Å². The lowest BCUT2D eigenvalue weighted by atomic mass is 10.2. The van der Waals surface area contributed by atoms with Crippen molar-refractivity contribution in [2.75, 3.05) is 32.7 Å². The summed E-state index contributed by atoms with van der Waals surface area (Å²) in [6.45, 7) is 4.45. The van der Waals surface area contributed by atoms with Gasteiger partial charge in [0.05, 0.1) is 7.11 Å². The van der Waals surface area contributed by atoms with E-state index in [0.29, 0.717) is 18.4 Å². The molecule has 0 radical (unpaired) electrons. The number of hydrogen-bond acceptors (Lipinski definition) is 3. The highest BCUT2D eigenvalue weighted by atomic mass is 35.5. The Labute approximate surface area is 108 Å². The Morgan fingerprint density at radius 2 is 2.00 bits per heavy atom. The summed E-state index contributed by atoms with van der Waals surface area (Å²) in [5.74, 6) is 2.71. The lowest BCUT2D eigenvalue weighted by Gasteiger charge is -2.12. The maximum absolute atomic E-state index is 5.71. The molecule has 4 heteroatoms. The maximum atomic E-state index is 5.71. The quantitative estimate of drug-likeness (QED) is 0.574. The van der Waals surface area contributed by atoms with Crippen molar-refractivity contribution in [2.24, 2.45) is 5.92 Å². The second-order valence-corrected chi connectivity index (χ2v) is 4.27. The summed E-state index contributed by atoms with van der Waals surface area (Å²) in [6.07, 6.45) is 0. The first-order valence-electron chi connectivity index (χ1n) is 5.80. The molecular weight excluding hydrogens is 238 g/mol. The van der Waals surface area contributed by atoms with Gasteiger partial charge in [0.15, 0.2) is 11.5 Å². The molecule has 0 fully saturated rings. The number of alkyl halides is 1. The van der Waals surface area contributed by atoms with Gasteiger partial charge in [-0.2, -0.15) is 0 Å². The van der Waals surface area contributed by atoms with Crippen molar-refractivity contribution >= 4 is 11.6 Å². The van der Waals surface area contributed by atoms with Crippen LogP contribution in [0.25, 0.3) is 0 Å². The van der Waals surface area contributed by atoms with Crippen molar-refractivity contribution < 1.29 is 9.47 Å². The molecule has 3 nitrogen and oxygen atoms in total. The molecule has 0 amide bonds. The van der Waals surface area contributed by atoms with Crippen LogP contribution in [0.5, 0.6) is 11.5 Å². The molecule has 0 saturated carbocycles. The third kappa shape index (κ3) is 5.29. The Kier molecular flexibility index (Phi) is 6.82. The first kappa shape index (κ1) is 14.1. The summed E-state index contributed by atoms with van der Waals surface area (Å²) in [4.78, 5) is 0. The molecule has 1 aromatic carbocycles. The minimum atomic E-state index is 0.489. The van der Waals surface area contributed by atoms with E-state index in [-0.39, 0.29) is 0 Å². The zero-order chi connectivity index (χ0) is 12.5. The normalized spacial score (nSPS) is 12.2. The highest BCUT2D eigenvalue weighted by Gasteiger charge is 2.02. The van der Waals surface area contributed by atoms with Crippen LogP contribution in [-0.4, -0.2) is 32.7 Å². The number of hydrogen-bond donors (Lipinski definition) is 1. The highest BCUT2D eigenvalue weighted by Crippen LogP contribution is 2.25. The Hall–Kier alpha value is -0.930. The van der Waals surface area contributed by atoms with Gasteiger partial charge in [-0.3, -0.25) is 0 Å². The molecule has 0 saturated heterocycles. The minimum Gasteiger partial charge on any atom is -0.493 e. The fraction of sp³-hybridized carbons (Fsp3) is 0.538. The molecule has 1 rings (SSSR count). The molecule has 0 aliphatic heterocycles. The van der Waals surface area contributed by atoms with Crippen LogP contribution >= 0.6 is 11.6 Å². The predicted octanol–water partition coefficient (Wildman–Crippen LogP) is 2.54. The van der Waals surface area contributed by atoms with Crippen molar-refractivity contribution in [1.82, 2.24) is 5.32 Å². The number of methoxy groups -OCH3 is 1. The fourth-order valence-electron chi connectivity index (χ4n) is 1.37. The molecule has 0 bridgehead atoms. The summed E-state index contributed by atoms with van der Waals surface area (Å²) >= 11 is 5.71. The topological polar surface area (TPSA) is 30.5 Å². The van der Waals surface area contributed by atoms with E-state index in [0.717, 1.165) is 24.6 Å². The van der Waals surface area contributed by atoms with Crippen LogP contribution < -0.4 is 14.8 Å². The third-order valence-corrected chi connectivity index (χ3v) is 2.89. The number of nitrogens with one attached hydrogen (secondary N) is 1. The van der Waals surface area contributed by atoms with Crippen molar-refractivity contribution in [3.63, 3.8) is 0 Å². The van der Waals surface area contributed by atoms with Gasteiger partial charge in [0.25, 0.3) is 0 Å². The first-order valence-corrected chi connectivity index (χ1v) is 6.34. The summed E-state index contributed by atoms with van der Waals surface area (Å²) in [5, 5.41) is 3.29. The van der Waals surface area contributed by atoms with Crippen LogP contribution in [-0.2, 0) is 0 Å². The van der Waals surface area contributed by atoms with Crippen molar-refractivity contribution in [1.29, 1.82) is 0 Å². The largest absolute Gasteiger partial charge is 0.493 e. The van der Waals surface area contributed by atoms with Gasteiger partial charge in [-0.1, -0.05) is 19.1 Å². The van der Waals surface area contributed by atoms with E-state index < -0.39 is 0 Å². The van der Waals surface area contributed by atoms with Gasteiger partial charge in [0.1, 0.15) is 6.61 Å². The number of para-hydroxylation sites is 2. The van der Waals surface area contributed by atoms with Crippen LogP contribution in [0.2, 0.25) is 0 Å². The lowest BCUT2D eigenvalue weighted by molar-refractivity contribution is 0.290. The van der Waals surface area contributed by atoms with Crippen LogP contribution in [0.4, 0.5) is 0 Å². The Balaban J connectivity index is 2.22. The van der Waals surface area contributed by atoms with E-state index in [9.17, 15) is 0 Å². The fourth-order valence-corrected chi connectivity index (χ4v) is 1.48. The molecule has 1 aromatic rings. The number of halogens is 1. The van der Waals surface area contributed by atoms with E-state index in [2.05, 4.69) is 12.2 Å². The predicted molar refractivity (Wildman–Crippen MR) is 71.2 cm³/mol. The summed E-state index contributed by atoms with van der Waals surface area (Å²) < 4.78 is 10.8.